The Labute approximate surface area is 159 Å². The molecule has 6 heteroatoms. The number of hydrogen-bond acceptors (Lipinski definition) is 4. The van der Waals surface area contributed by atoms with Gasteiger partial charge in [0.2, 0.25) is 0 Å². The number of aliphatic imine (C=N–C) groups is 1. The number of nitrogens with one attached hydrogen (secondary N) is 2. The van der Waals surface area contributed by atoms with E-state index in [2.05, 4.69) is 41.3 Å². The van der Waals surface area contributed by atoms with Gasteiger partial charge in [0, 0.05) is 19.6 Å². The number of benzene rings is 1. The molecule has 0 aromatic heterocycles. The second-order valence-electron chi connectivity index (χ2n) is 6.33. The quantitative estimate of drug-likeness (QED) is 0.467. The Morgan fingerprint density at radius 1 is 1.15 bits per heavy atom. The van der Waals surface area contributed by atoms with E-state index in [1.54, 1.807) is 21.3 Å². The summed E-state index contributed by atoms with van der Waals surface area (Å²) in [5, 5.41) is 6.82. The highest BCUT2D eigenvalue weighted by molar-refractivity contribution is 5.79. The number of rotatable bonds is 11. The molecule has 2 N–H and O–H groups in total. The maximum Gasteiger partial charge on any atom is 0.191 e. The molecule has 1 atom stereocenters. The lowest BCUT2D eigenvalue weighted by atomic mass is 10.1. The Hall–Kier alpha value is -1.95. The van der Waals surface area contributed by atoms with E-state index in [1.807, 2.05) is 18.2 Å². The third-order valence-electron chi connectivity index (χ3n) is 4.52. The van der Waals surface area contributed by atoms with Gasteiger partial charge >= 0.3 is 0 Å². The zero-order chi connectivity index (χ0) is 19.4. The van der Waals surface area contributed by atoms with Crippen molar-refractivity contribution in [1.29, 1.82) is 0 Å². The third-order valence-corrected chi connectivity index (χ3v) is 4.52. The van der Waals surface area contributed by atoms with Gasteiger partial charge in [-0.3, -0.25) is 4.99 Å². The largest absolute Gasteiger partial charge is 0.493 e. The van der Waals surface area contributed by atoms with Crippen molar-refractivity contribution >= 4 is 5.96 Å². The Morgan fingerprint density at radius 3 is 2.42 bits per heavy atom. The molecule has 0 radical (unpaired) electrons. The first-order valence-electron chi connectivity index (χ1n) is 9.48. The molecule has 0 saturated heterocycles. The second-order valence-corrected chi connectivity index (χ2v) is 6.33. The smallest absolute Gasteiger partial charge is 0.191 e. The van der Waals surface area contributed by atoms with Gasteiger partial charge < -0.3 is 25.0 Å². The van der Waals surface area contributed by atoms with Gasteiger partial charge in [-0.25, -0.2) is 0 Å². The van der Waals surface area contributed by atoms with Crippen LogP contribution in [0.2, 0.25) is 0 Å². The fourth-order valence-corrected chi connectivity index (χ4v) is 2.84. The molecule has 0 heterocycles. The zero-order valence-corrected chi connectivity index (χ0v) is 17.3. The van der Waals surface area contributed by atoms with Gasteiger partial charge in [-0.1, -0.05) is 19.9 Å². The molecule has 1 unspecified atom stereocenters. The van der Waals surface area contributed by atoms with Gasteiger partial charge in [0.25, 0.3) is 0 Å². The van der Waals surface area contributed by atoms with Crippen molar-refractivity contribution in [3.8, 4) is 11.5 Å². The lowest BCUT2D eigenvalue weighted by Gasteiger charge is -2.21. The second kappa shape index (κ2) is 12.4. The number of hydrogen-bond donors (Lipinski definition) is 2. The highest BCUT2D eigenvalue weighted by Gasteiger charge is 2.08. The molecule has 0 spiro atoms. The van der Waals surface area contributed by atoms with Crippen LogP contribution in [0.5, 0.6) is 11.5 Å². The molecular formula is C20H36N4O2. The van der Waals surface area contributed by atoms with Crippen LogP contribution >= 0.6 is 0 Å². The zero-order valence-electron chi connectivity index (χ0n) is 17.3. The first-order valence-corrected chi connectivity index (χ1v) is 9.48. The molecule has 0 saturated carbocycles. The number of ether oxygens (including phenoxy) is 2. The van der Waals surface area contributed by atoms with Crippen LogP contribution in [0, 0.1) is 0 Å². The third kappa shape index (κ3) is 7.52. The summed E-state index contributed by atoms with van der Waals surface area (Å²) in [6.07, 6.45) is 2.30. The van der Waals surface area contributed by atoms with E-state index in [9.17, 15) is 0 Å². The van der Waals surface area contributed by atoms with Gasteiger partial charge in [-0.05, 0) is 57.1 Å². The van der Waals surface area contributed by atoms with Crippen LogP contribution in [0.1, 0.15) is 39.2 Å². The van der Waals surface area contributed by atoms with Crippen LogP contribution in [-0.2, 0) is 6.54 Å². The van der Waals surface area contributed by atoms with E-state index in [4.69, 9.17) is 9.47 Å². The molecular weight excluding hydrogens is 328 g/mol. The van der Waals surface area contributed by atoms with E-state index in [0.29, 0.717) is 12.6 Å². The van der Waals surface area contributed by atoms with E-state index in [-0.39, 0.29) is 0 Å². The summed E-state index contributed by atoms with van der Waals surface area (Å²) >= 11 is 0. The first-order chi connectivity index (χ1) is 12.6. The summed E-state index contributed by atoms with van der Waals surface area (Å²) < 4.78 is 10.6. The average Bonchev–Trinajstić information content (AvgIpc) is 2.68. The van der Waals surface area contributed by atoms with Crippen LogP contribution in [0.25, 0.3) is 0 Å². The first kappa shape index (κ1) is 22.1. The predicted molar refractivity (Wildman–Crippen MR) is 109 cm³/mol. The lowest BCUT2D eigenvalue weighted by Crippen LogP contribution is -2.42. The molecule has 0 fully saturated rings. The lowest BCUT2D eigenvalue weighted by molar-refractivity contribution is 0.292. The van der Waals surface area contributed by atoms with Crippen molar-refractivity contribution in [3.05, 3.63) is 23.8 Å². The Kier molecular flexibility index (Phi) is 10.5. The standard InChI is InChI=1S/C20H36N4O2/c1-7-24(8-2)13-9-10-16(3)23-20(21-4)22-15-17-11-12-18(25-5)19(14-17)26-6/h11-12,14,16H,7-10,13,15H2,1-6H3,(H2,21,22,23). The van der Waals surface area contributed by atoms with Crippen molar-refractivity contribution < 1.29 is 9.47 Å². The van der Waals surface area contributed by atoms with Crippen molar-refractivity contribution in [2.75, 3.05) is 40.9 Å². The summed E-state index contributed by atoms with van der Waals surface area (Å²) in [4.78, 5) is 6.78. The highest BCUT2D eigenvalue weighted by Crippen LogP contribution is 2.27. The molecule has 1 aromatic carbocycles. The topological polar surface area (TPSA) is 58.1 Å². The van der Waals surface area contributed by atoms with Gasteiger partial charge in [-0.15, -0.1) is 0 Å². The SMILES string of the molecule is CCN(CC)CCCC(C)NC(=NC)NCc1ccc(OC)c(OC)c1. The van der Waals surface area contributed by atoms with Crippen LogP contribution in [0.3, 0.4) is 0 Å². The molecule has 0 aliphatic rings. The number of nitrogens with zero attached hydrogens (tertiary/aromatic N) is 2. The maximum absolute atomic E-state index is 5.35. The van der Waals surface area contributed by atoms with E-state index < -0.39 is 0 Å². The normalized spacial score (nSPS) is 12.8. The maximum atomic E-state index is 5.35. The number of methoxy groups -OCH3 is 2. The van der Waals surface area contributed by atoms with Crippen LogP contribution in [0.4, 0.5) is 0 Å². The molecule has 1 aromatic rings. The van der Waals surface area contributed by atoms with Gasteiger partial charge in [0.15, 0.2) is 17.5 Å². The van der Waals surface area contributed by atoms with E-state index in [1.165, 1.54) is 6.42 Å². The number of guanidine groups is 1. The predicted octanol–water partition coefficient (Wildman–Crippen LogP) is 2.88. The summed E-state index contributed by atoms with van der Waals surface area (Å²) in [5.74, 6) is 2.29. The molecule has 26 heavy (non-hydrogen) atoms. The van der Waals surface area contributed by atoms with Gasteiger partial charge in [0.05, 0.1) is 14.2 Å². The van der Waals surface area contributed by atoms with Crippen LogP contribution in [0.15, 0.2) is 23.2 Å². The fourth-order valence-electron chi connectivity index (χ4n) is 2.84. The fraction of sp³-hybridized carbons (Fsp3) is 0.650. The summed E-state index contributed by atoms with van der Waals surface area (Å²) in [6, 6.07) is 6.30. The van der Waals surface area contributed by atoms with Crippen LogP contribution in [-0.4, -0.2) is 57.8 Å². The summed E-state index contributed by atoms with van der Waals surface area (Å²) in [7, 11) is 5.09. The molecule has 0 aliphatic heterocycles. The van der Waals surface area contributed by atoms with E-state index in [0.717, 1.165) is 49.1 Å². The average molecular weight is 365 g/mol. The molecule has 6 nitrogen and oxygen atoms in total. The van der Waals surface area contributed by atoms with Crippen molar-refractivity contribution in [1.82, 2.24) is 15.5 Å². The molecule has 148 valence electrons. The van der Waals surface area contributed by atoms with E-state index >= 15 is 0 Å². The summed E-state index contributed by atoms with van der Waals surface area (Å²) in [5.41, 5.74) is 1.11. The Bertz CT molecular complexity index is 545. The molecule has 0 bridgehead atoms. The Balaban J connectivity index is 2.45. The minimum atomic E-state index is 0.377. The van der Waals surface area contributed by atoms with Crippen molar-refractivity contribution in [3.63, 3.8) is 0 Å². The molecule has 0 aliphatic carbocycles. The van der Waals surface area contributed by atoms with Gasteiger partial charge in [0.1, 0.15) is 0 Å². The molecule has 0 amide bonds. The van der Waals surface area contributed by atoms with Crippen molar-refractivity contribution in [2.45, 2.75) is 46.2 Å². The van der Waals surface area contributed by atoms with Crippen molar-refractivity contribution in [2.24, 2.45) is 4.99 Å². The monoisotopic (exact) mass is 364 g/mol. The minimum absolute atomic E-state index is 0.377. The Morgan fingerprint density at radius 2 is 1.85 bits per heavy atom. The highest BCUT2D eigenvalue weighted by atomic mass is 16.5. The van der Waals surface area contributed by atoms with Gasteiger partial charge in [-0.2, -0.15) is 0 Å². The van der Waals surface area contributed by atoms with Crippen LogP contribution < -0.4 is 20.1 Å². The molecule has 1 rings (SSSR count). The summed E-state index contributed by atoms with van der Waals surface area (Å²) in [6.45, 7) is 10.7. The minimum Gasteiger partial charge on any atom is -0.493 e.